The number of amides is 1. The van der Waals surface area contributed by atoms with E-state index in [-0.39, 0.29) is 11.6 Å². The number of nitrogens with one attached hydrogen (secondary N) is 1. The second-order valence-corrected chi connectivity index (χ2v) is 6.61. The number of rotatable bonds is 5. The van der Waals surface area contributed by atoms with Crippen LogP contribution in [-0.4, -0.2) is 30.5 Å². The maximum Gasteiger partial charge on any atom is 0.435 e. The van der Waals surface area contributed by atoms with Crippen LogP contribution in [0.3, 0.4) is 0 Å². The summed E-state index contributed by atoms with van der Waals surface area (Å²) in [5.41, 5.74) is 0.0680. The number of hydrogen-bond acceptors (Lipinski definition) is 4. The number of hydrogen-bond donors (Lipinski definition) is 1. The number of aromatic nitrogens is 5. The van der Waals surface area contributed by atoms with Crippen molar-refractivity contribution in [3.05, 3.63) is 58.6 Å². The average molecular weight is 413 g/mol. The van der Waals surface area contributed by atoms with Crippen LogP contribution in [0.2, 0.25) is 5.02 Å². The molecule has 0 fully saturated rings. The van der Waals surface area contributed by atoms with Gasteiger partial charge in [-0.2, -0.15) is 18.3 Å². The molecule has 0 aliphatic rings. The topological polar surface area (TPSA) is 77.6 Å². The second-order valence-electron chi connectivity index (χ2n) is 6.17. The van der Waals surface area contributed by atoms with Gasteiger partial charge in [-0.1, -0.05) is 23.7 Å². The van der Waals surface area contributed by atoms with E-state index in [0.29, 0.717) is 11.6 Å². The van der Waals surface area contributed by atoms with E-state index in [0.717, 1.165) is 16.3 Å². The SMILES string of the molecule is Cc1cc(C(F)(F)F)nn1C(C)C(=O)Nc1ncn(Cc2cccc(Cl)c2)n1. The highest BCUT2D eigenvalue weighted by Crippen LogP contribution is 2.29. The summed E-state index contributed by atoms with van der Waals surface area (Å²) in [7, 11) is 0. The van der Waals surface area contributed by atoms with Crippen molar-refractivity contribution in [2.75, 3.05) is 5.32 Å². The molecule has 0 saturated heterocycles. The third-order valence-electron chi connectivity index (χ3n) is 3.96. The van der Waals surface area contributed by atoms with Gasteiger partial charge in [0.05, 0.1) is 6.54 Å². The van der Waals surface area contributed by atoms with E-state index < -0.39 is 23.8 Å². The summed E-state index contributed by atoms with van der Waals surface area (Å²) in [4.78, 5) is 16.4. The van der Waals surface area contributed by atoms with Crippen molar-refractivity contribution in [2.24, 2.45) is 0 Å². The molecule has 2 aromatic heterocycles. The molecule has 11 heteroatoms. The van der Waals surface area contributed by atoms with Gasteiger partial charge in [0.2, 0.25) is 5.95 Å². The Kier molecular flexibility index (Phi) is 5.41. The highest BCUT2D eigenvalue weighted by molar-refractivity contribution is 6.30. The van der Waals surface area contributed by atoms with Crippen molar-refractivity contribution in [3.63, 3.8) is 0 Å². The molecule has 0 bridgehead atoms. The zero-order valence-corrected chi connectivity index (χ0v) is 15.7. The molecule has 0 aliphatic heterocycles. The lowest BCUT2D eigenvalue weighted by atomic mass is 10.2. The van der Waals surface area contributed by atoms with Crippen LogP contribution >= 0.6 is 11.6 Å². The van der Waals surface area contributed by atoms with E-state index in [1.807, 2.05) is 6.07 Å². The lowest BCUT2D eigenvalue weighted by Gasteiger charge is -2.13. The monoisotopic (exact) mass is 412 g/mol. The minimum atomic E-state index is -4.58. The third kappa shape index (κ3) is 4.50. The fourth-order valence-electron chi connectivity index (χ4n) is 2.59. The Hall–Kier alpha value is -2.88. The molecule has 3 aromatic rings. The predicted molar refractivity (Wildman–Crippen MR) is 95.9 cm³/mol. The van der Waals surface area contributed by atoms with E-state index in [1.54, 1.807) is 18.2 Å². The van der Waals surface area contributed by atoms with E-state index in [1.165, 1.54) is 24.9 Å². The van der Waals surface area contributed by atoms with Gasteiger partial charge >= 0.3 is 6.18 Å². The molecule has 1 aromatic carbocycles. The van der Waals surface area contributed by atoms with Gasteiger partial charge < -0.3 is 0 Å². The van der Waals surface area contributed by atoms with Crippen molar-refractivity contribution >= 4 is 23.5 Å². The summed E-state index contributed by atoms with van der Waals surface area (Å²) >= 11 is 5.94. The molecular weight excluding hydrogens is 397 g/mol. The van der Waals surface area contributed by atoms with Crippen molar-refractivity contribution < 1.29 is 18.0 Å². The molecule has 28 heavy (non-hydrogen) atoms. The van der Waals surface area contributed by atoms with Crippen LogP contribution in [-0.2, 0) is 17.5 Å². The largest absolute Gasteiger partial charge is 0.435 e. The summed E-state index contributed by atoms with van der Waals surface area (Å²) in [6.45, 7) is 3.29. The van der Waals surface area contributed by atoms with Gasteiger partial charge in [-0.05, 0) is 37.6 Å². The average Bonchev–Trinajstić information content (AvgIpc) is 3.20. The Labute approximate surface area is 163 Å². The molecule has 0 aliphatic carbocycles. The van der Waals surface area contributed by atoms with Gasteiger partial charge in [0.1, 0.15) is 12.4 Å². The lowest BCUT2D eigenvalue weighted by Crippen LogP contribution is -2.26. The van der Waals surface area contributed by atoms with Crippen molar-refractivity contribution in [1.29, 1.82) is 0 Å². The summed E-state index contributed by atoms with van der Waals surface area (Å²) < 4.78 is 40.9. The molecule has 1 unspecified atom stereocenters. The number of halogens is 4. The fourth-order valence-corrected chi connectivity index (χ4v) is 2.81. The zero-order valence-electron chi connectivity index (χ0n) is 14.9. The van der Waals surface area contributed by atoms with Crippen LogP contribution in [0.5, 0.6) is 0 Å². The molecule has 1 N–H and O–H groups in total. The highest BCUT2D eigenvalue weighted by Gasteiger charge is 2.35. The zero-order chi connectivity index (χ0) is 20.5. The van der Waals surface area contributed by atoms with Gasteiger partial charge in [-0.3, -0.25) is 14.8 Å². The minimum absolute atomic E-state index is 0.0414. The van der Waals surface area contributed by atoms with Crippen LogP contribution in [0.1, 0.15) is 29.9 Å². The predicted octanol–water partition coefficient (Wildman–Crippen LogP) is 3.70. The first-order valence-electron chi connectivity index (χ1n) is 8.21. The highest BCUT2D eigenvalue weighted by atomic mass is 35.5. The van der Waals surface area contributed by atoms with Crippen LogP contribution in [0.4, 0.5) is 19.1 Å². The maximum atomic E-state index is 12.8. The summed E-state index contributed by atoms with van der Waals surface area (Å²) in [5.74, 6) is -0.542. The molecule has 7 nitrogen and oxygen atoms in total. The number of anilines is 1. The Morgan fingerprint density at radius 1 is 1.29 bits per heavy atom. The smallest absolute Gasteiger partial charge is 0.291 e. The Balaban J connectivity index is 1.68. The summed E-state index contributed by atoms with van der Waals surface area (Å²) in [6.07, 6.45) is -3.14. The van der Waals surface area contributed by atoms with Gasteiger partial charge in [-0.15, -0.1) is 5.10 Å². The quantitative estimate of drug-likeness (QED) is 0.693. The first kappa shape index (κ1) is 19.9. The van der Waals surface area contributed by atoms with Crippen molar-refractivity contribution in [1.82, 2.24) is 24.5 Å². The first-order chi connectivity index (χ1) is 13.1. The van der Waals surface area contributed by atoms with E-state index >= 15 is 0 Å². The van der Waals surface area contributed by atoms with Crippen molar-refractivity contribution in [2.45, 2.75) is 32.6 Å². The van der Waals surface area contributed by atoms with E-state index in [9.17, 15) is 18.0 Å². The Morgan fingerprint density at radius 2 is 2.04 bits per heavy atom. The molecule has 0 radical (unpaired) electrons. The Morgan fingerprint density at radius 3 is 2.68 bits per heavy atom. The van der Waals surface area contributed by atoms with Crippen LogP contribution < -0.4 is 5.32 Å². The number of alkyl halides is 3. The molecule has 2 heterocycles. The second kappa shape index (κ2) is 7.63. The number of nitrogens with zero attached hydrogens (tertiary/aromatic N) is 5. The number of benzene rings is 1. The summed E-state index contributed by atoms with van der Waals surface area (Å²) in [5, 5.41) is 10.7. The normalized spacial score (nSPS) is 12.8. The molecule has 3 rings (SSSR count). The molecule has 1 amide bonds. The van der Waals surface area contributed by atoms with Crippen LogP contribution in [0, 0.1) is 6.92 Å². The van der Waals surface area contributed by atoms with Gasteiger partial charge in [-0.25, -0.2) is 9.67 Å². The molecule has 0 spiro atoms. The fraction of sp³-hybridized carbons (Fsp3) is 0.294. The van der Waals surface area contributed by atoms with Crippen LogP contribution in [0.25, 0.3) is 0 Å². The molecule has 0 saturated carbocycles. The molecular formula is C17H16ClF3N6O. The molecule has 148 valence electrons. The van der Waals surface area contributed by atoms with Crippen molar-refractivity contribution in [3.8, 4) is 0 Å². The summed E-state index contributed by atoms with van der Waals surface area (Å²) in [6, 6.07) is 7.12. The standard InChI is InChI=1S/C17H16ClF3N6O/c1-10-6-14(17(19,20)21)24-27(10)11(2)15(28)23-16-22-9-26(25-16)8-12-4-3-5-13(18)7-12/h3-7,9,11H,8H2,1-2H3,(H,23,25,28). The number of carbonyl (C=O) groups is 1. The van der Waals surface area contributed by atoms with E-state index in [2.05, 4.69) is 20.5 Å². The van der Waals surface area contributed by atoms with Gasteiger partial charge in [0.15, 0.2) is 5.69 Å². The first-order valence-corrected chi connectivity index (χ1v) is 8.59. The Bertz CT molecular complexity index is 997. The third-order valence-corrected chi connectivity index (χ3v) is 4.20. The lowest BCUT2D eigenvalue weighted by molar-refractivity contribution is -0.141. The van der Waals surface area contributed by atoms with Gasteiger partial charge in [0, 0.05) is 10.7 Å². The molecule has 1 atom stereocenters. The maximum absolute atomic E-state index is 12.8. The van der Waals surface area contributed by atoms with Gasteiger partial charge in [0.25, 0.3) is 5.91 Å². The number of aryl methyl sites for hydroxylation is 1. The van der Waals surface area contributed by atoms with E-state index in [4.69, 9.17) is 11.6 Å². The number of carbonyl (C=O) groups excluding carboxylic acids is 1. The minimum Gasteiger partial charge on any atom is -0.291 e. The van der Waals surface area contributed by atoms with Crippen LogP contribution in [0.15, 0.2) is 36.7 Å².